The van der Waals surface area contributed by atoms with E-state index in [-0.39, 0.29) is 12.2 Å². The van der Waals surface area contributed by atoms with E-state index >= 15 is 0 Å². The average Bonchev–Trinajstić information content (AvgIpc) is 2.99. The highest BCUT2D eigenvalue weighted by Crippen LogP contribution is 2.45. The standard InChI is InChI=1S/C20H23NO4/c1-4-6-16-11-20(12-17(21-25-20)19(22)23-5-2)13-18(24-16)15-9-7-14(3)8-10-15/h1,7-10,16,18H,5-6,11-13H2,2-3H3/t16-,18-,20+/m0/s1. The zero-order valence-corrected chi connectivity index (χ0v) is 14.7. The fourth-order valence-corrected chi connectivity index (χ4v) is 3.46. The van der Waals surface area contributed by atoms with Gasteiger partial charge in [-0.25, -0.2) is 4.79 Å². The summed E-state index contributed by atoms with van der Waals surface area (Å²) < 4.78 is 11.2. The van der Waals surface area contributed by atoms with Crippen molar-refractivity contribution < 1.29 is 19.1 Å². The van der Waals surface area contributed by atoms with E-state index in [0.29, 0.717) is 38.0 Å². The predicted octanol–water partition coefficient (Wildman–Crippen LogP) is 3.32. The lowest BCUT2D eigenvalue weighted by Gasteiger charge is -2.40. The van der Waals surface area contributed by atoms with Crippen molar-refractivity contribution in [3.05, 3.63) is 35.4 Å². The molecule has 0 saturated carbocycles. The van der Waals surface area contributed by atoms with Crippen LogP contribution in [0.1, 0.15) is 49.8 Å². The molecule has 0 aliphatic carbocycles. The molecule has 1 aromatic carbocycles. The smallest absolute Gasteiger partial charge is 0.356 e. The van der Waals surface area contributed by atoms with E-state index in [2.05, 4.69) is 35.3 Å². The van der Waals surface area contributed by atoms with Crippen LogP contribution in [0.2, 0.25) is 0 Å². The Bertz CT molecular complexity index is 703. The van der Waals surface area contributed by atoms with Crippen LogP contribution < -0.4 is 0 Å². The first-order valence-electron chi connectivity index (χ1n) is 8.63. The quantitative estimate of drug-likeness (QED) is 0.623. The Hall–Kier alpha value is -2.32. The van der Waals surface area contributed by atoms with Gasteiger partial charge in [-0.3, -0.25) is 0 Å². The number of oxime groups is 1. The molecule has 1 aromatic rings. The highest BCUT2D eigenvalue weighted by molar-refractivity contribution is 6.36. The molecule has 0 bridgehead atoms. The van der Waals surface area contributed by atoms with Crippen molar-refractivity contribution in [3.63, 3.8) is 0 Å². The minimum absolute atomic E-state index is 0.123. The largest absolute Gasteiger partial charge is 0.461 e. The van der Waals surface area contributed by atoms with Gasteiger partial charge in [-0.05, 0) is 19.4 Å². The van der Waals surface area contributed by atoms with Gasteiger partial charge in [0.15, 0.2) is 5.71 Å². The van der Waals surface area contributed by atoms with E-state index in [9.17, 15) is 4.79 Å². The van der Waals surface area contributed by atoms with Crippen LogP contribution in [0.4, 0.5) is 0 Å². The van der Waals surface area contributed by atoms with E-state index in [1.54, 1.807) is 6.92 Å². The summed E-state index contributed by atoms with van der Waals surface area (Å²) in [6.45, 7) is 4.14. The molecule has 1 spiro atoms. The molecule has 0 N–H and O–H groups in total. The monoisotopic (exact) mass is 341 g/mol. The molecule has 0 amide bonds. The number of benzene rings is 1. The third kappa shape index (κ3) is 3.85. The van der Waals surface area contributed by atoms with E-state index in [1.807, 2.05) is 6.92 Å². The summed E-state index contributed by atoms with van der Waals surface area (Å²) in [7, 11) is 0. The van der Waals surface area contributed by atoms with Crippen molar-refractivity contribution in [2.75, 3.05) is 6.61 Å². The second-order valence-electron chi connectivity index (χ2n) is 6.68. The molecule has 5 nitrogen and oxygen atoms in total. The summed E-state index contributed by atoms with van der Waals surface area (Å²) in [6.07, 6.45) is 7.41. The SMILES string of the molecule is C#CC[C@H]1C[C@@]2(CC(C(=O)OCC)=NO2)C[C@@H](c2ccc(C)cc2)O1. The first-order chi connectivity index (χ1) is 12.0. The van der Waals surface area contributed by atoms with Gasteiger partial charge in [-0.15, -0.1) is 12.3 Å². The van der Waals surface area contributed by atoms with Gasteiger partial charge in [0.2, 0.25) is 0 Å². The lowest BCUT2D eigenvalue weighted by molar-refractivity contribution is -0.158. The normalized spacial score (nSPS) is 28.1. The van der Waals surface area contributed by atoms with E-state index in [1.165, 1.54) is 5.56 Å². The molecule has 2 heterocycles. The molecule has 0 radical (unpaired) electrons. The number of terminal acetylenes is 1. The van der Waals surface area contributed by atoms with Gasteiger partial charge < -0.3 is 14.3 Å². The summed E-state index contributed by atoms with van der Waals surface area (Å²) in [5, 5.41) is 4.00. The van der Waals surface area contributed by atoms with E-state index in [0.717, 1.165) is 5.56 Å². The van der Waals surface area contributed by atoms with Crippen molar-refractivity contribution in [3.8, 4) is 12.3 Å². The number of carbonyl (C=O) groups excluding carboxylic acids is 1. The molecule has 3 rings (SSSR count). The molecule has 0 aromatic heterocycles. The maximum absolute atomic E-state index is 12.0. The molecule has 0 unspecified atom stereocenters. The zero-order chi connectivity index (χ0) is 17.9. The Labute approximate surface area is 148 Å². The van der Waals surface area contributed by atoms with E-state index in [4.69, 9.17) is 20.7 Å². The highest BCUT2D eigenvalue weighted by Gasteiger charge is 2.49. The van der Waals surface area contributed by atoms with Crippen LogP contribution in [0, 0.1) is 19.3 Å². The highest BCUT2D eigenvalue weighted by atomic mass is 16.7. The Kier molecular flexibility index (Phi) is 5.10. The second-order valence-corrected chi connectivity index (χ2v) is 6.68. The first-order valence-corrected chi connectivity index (χ1v) is 8.63. The number of nitrogens with zero attached hydrogens (tertiary/aromatic N) is 1. The minimum atomic E-state index is -0.558. The predicted molar refractivity (Wildman–Crippen MR) is 94.0 cm³/mol. The Balaban J connectivity index is 1.79. The lowest BCUT2D eigenvalue weighted by Crippen LogP contribution is -2.43. The van der Waals surface area contributed by atoms with Gasteiger partial charge in [0.05, 0.1) is 18.8 Å². The van der Waals surface area contributed by atoms with Crippen LogP contribution in [-0.4, -0.2) is 30.0 Å². The number of hydrogen-bond acceptors (Lipinski definition) is 5. The van der Waals surface area contributed by atoms with Crippen LogP contribution in [0.15, 0.2) is 29.4 Å². The molecule has 2 aliphatic rings. The molecule has 1 saturated heterocycles. The maximum Gasteiger partial charge on any atom is 0.356 e. The van der Waals surface area contributed by atoms with Crippen LogP contribution in [0.3, 0.4) is 0 Å². The van der Waals surface area contributed by atoms with E-state index < -0.39 is 11.6 Å². The minimum Gasteiger partial charge on any atom is -0.461 e. The first kappa shape index (κ1) is 17.5. The van der Waals surface area contributed by atoms with Crippen molar-refractivity contribution in [1.82, 2.24) is 0 Å². The number of aryl methyl sites for hydroxylation is 1. The number of esters is 1. The number of carbonyl (C=O) groups is 1. The molecule has 25 heavy (non-hydrogen) atoms. The molecular weight excluding hydrogens is 318 g/mol. The van der Waals surface area contributed by atoms with Crippen LogP contribution in [0.5, 0.6) is 0 Å². The van der Waals surface area contributed by atoms with Gasteiger partial charge in [0.25, 0.3) is 0 Å². The average molecular weight is 341 g/mol. The molecule has 1 fully saturated rings. The second kappa shape index (κ2) is 7.28. The zero-order valence-electron chi connectivity index (χ0n) is 14.7. The fourth-order valence-electron chi connectivity index (χ4n) is 3.46. The third-order valence-corrected chi connectivity index (χ3v) is 4.66. The third-order valence-electron chi connectivity index (χ3n) is 4.66. The maximum atomic E-state index is 12.0. The number of hydrogen-bond donors (Lipinski definition) is 0. The number of ether oxygens (including phenoxy) is 2. The van der Waals surface area contributed by atoms with Crippen molar-refractivity contribution in [2.45, 2.75) is 57.3 Å². The van der Waals surface area contributed by atoms with Crippen molar-refractivity contribution in [1.29, 1.82) is 0 Å². The van der Waals surface area contributed by atoms with Gasteiger partial charge in [-0.1, -0.05) is 35.0 Å². The summed E-state index contributed by atoms with van der Waals surface area (Å²) in [5.74, 6) is 2.26. The summed E-state index contributed by atoms with van der Waals surface area (Å²) >= 11 is 0. The Morgan fingerprint density at radius 2 is 2.16 bits per heavy atom. The van der Waals surface area contributed by atoms with Gasteiger partial charge in [0, 0.05) is 25.7 Å². The Morgan fingerprint density at radius 3 is 2.84 bits per heavy atom. The van der Waals surface area contributed by atoms with Crippen molar-refractivity contribution in [2.24, 2.45) is 5.16 Å². The summed E-state index contributed by atoms with van der Waals surface area (Å²) in [6, 6.07) is 8.25. The molecular formula is C20H23NO4. The van der Waals surface area contributed by atoms with Gasteiger partial charge in [-0.2, -0.15) is 0 Å². The fraction of sp³-hybridized carbons (Fsp3) is 0.500. The molecule has 2 aliphatic heterocycles. The van der Waals surface area contributed by atoms with Crippen LogP contribution in [-0.2, 0) is 19.1 Å². The van der Waals surface area contributed by atoms with Gasteiger partial charge >= 0.3 is 5.97 Å². The summed E-state index contributed by atoms with van der Waals surface area (Å²) in [4.78, 5) is 17.7. The molecule has 132 valence electrons. The van der Waals surface area contributed by atoms with Crippen LogP contribution >= 0.6 is 0 Å². The summed E-state index contributed by atoms with van der Waals surface area (Å²) in [5.41, 5.74) is 2.06. The Morgan fingerprint density at radius 1 is 1.40 bits per heavy atom. The lowest BCUT2D eigenvalue weighted by atomic mass is 9.81. The number of rotatable bonds is 4. The van der Waals surface area contributed by atoms with Crippen molar-refractivity contribution >= 4 is 11.7 Å². The molecule has 5 heteroatoms. The van der Waals surface area contributed by atoms with Crippen LogP contribution in [0.25, 0.3) is 0 Å². The molecule has 3 atom stereocenters. The topological polar surface area (TPSA) is 57.1 Å². The van der Waals surface area contributed by atoms with Gasteiger partial charge in [0.1, 0.15) is 5.60 Å².